The number of carbonyl (C=O) groups is 3. The number of hydrogen-bond donors (Lipinski definition) is 0. The number of rotatable bonds is 52. The van der Waals surface area contributed by atoms with Crippen molar-refractivity contribution in [2.45, 2.75) is 330 Å². The van der Waals surface area contributed by atoms with Crippen molar-refractivity contribution in [3.05, 3.63) is 0 Å². The zero-order chi connectivity index (χ0) is 46.8. The second kappa shape index (κ2) is 50.8. The van der Waals surface area contributed by atoms with E-state index in [1.807, 2.05) is 0 Å². The predicted molar refractivity (Wildman–Crippen MR) is 275 cm³/mol. The topological polar surface area (TPSA) is 78.9 Å². The molecule has 0 aromatic heterocycles. The highest BCUT2D eigenvalue weighted by Crippen LogP contribution is 2.18. The Hall–Kier alpha value is -1.59. The van der Waals surface area contributed by atoms with E-state index < -0.39 is 6.10 Å². The third-order valence-corrected chi connectivity index (χ3v) is 13.6. The van der Waals surface area contributed by atoms with Crippen LogP contribution in [0.3, 0.4) is 0 Å². The van der Waals surface area contributed by atoms with Crippen LogP contribution in [-0.4, -0.2) is 37.2 Å². The molecular formula is C58H112O6. The zero-order valence-corrected chi connectivity index (χ0v) is 43.9. The smallest absolute Gasteiger partial charge is 0.306 e. The summed E-state index contributed by atoms with van der Waals surface area (Å²) in [6, 6.07) is 0. The van der Waals surface area contributed by atoms with E-state index >= 15 is 0 Å². The normalized spacial score (nSPS) is 12.5. The van der Waals surface area contributed by atoms with Crippen LogP contribution in [0.4, 0.5) is 0 Å². The van der Waals surface area contributed by atoms with Crippen LogP contribution in [0.5, 0.6) is 0 Å². The van der Waals surface area contributed by atoms with Gasteiger partial charge in [0.2, 0.25) is 0 Å². The summed E-state index contributed by atoms with van der Waals surface area (Å²) >= 11 is 0. The Kier molecular flexibility index (Phi) is 49.6. The lowest BCUT2D eigenvalue weighted by Crippen LogP contribution is -2.30. The zero-order valence-electron chi connectivity index (χ0n) is 43.9. The van der Waals surface area contributed by atoms with Crippen LogP contribution in [-0.2, 0) is 28.6 Å². The van der Waals surface area contributed by atoms with Crippen molar-refractivity contribution in [3.8, 4) is 0 Å². The maximum absolute atomic E-state index is 12.8. The number of esters is 3. The molecule has 0 bridgehead atoms. The minimum absolute atomic E-state index is 0.0633. The number of carbonyl (C=O) groups excluding carboxylic acids is 3. The average molecular weight is 906 g/mol. The van der Waals surface area contributed by atoms with Gasteiger partial charge in [-0.15, -0.1) is 0 Å². The summed E-state index contributed by atoms with van der Waals surface area (Å²) in [7, 11) is 0. The number of ether oxygens (including phenoxy) is 3. The first-order valence-corrected chi connectivity index (χ1v) is 28.8. The summed E-state index contributed by atoms with van der Waals surface area (Å²) in [6.45, 7) is 11.4. The summed E-state index contributed by atoms with van der Waals surface area (Å²) in [5.41, 5.74) is 0. The molecular weight excluding hydrogens is 793 g/mol. The molecule has 64 heavy (non-hydrogen) atoms. The molecule has 380 valence electrons. The molecule has 0 aromatic carbocycles. The van der Waals surface area contributed by atoms with Crippen LogP contribution < -0.4 is 0 Å². The van der Waals surface area contributed by atoms with Gasteiger partial charge >= 0.3 is 17.9 Å². The Morgan fingerprint density at radius 1 is 0.328 bits per heavy atom. The van der Waals surface area contributed by atoms with E-state index in [9.17, 15) is 14.4 Å². The van der Waals surface area contributed by atoms with E-state index in [0.29, 0.717) is 19.3 Å². The summed E-state index contributed by atoms with van der Waals surface area (Å²) in [4.78, 5) is 38.1. The van der Waals surface area contributed by atoms with Gasteiger partial charge < -0.3 is 14.2 Å². The number of hydrogen-bond acceptors (Lipinski definition) is 6. The van der Waals surface area contributed by atoms with Crippen molar-refractivity contribution < 1.29 is 28.6 Å². The van der Waals surface area contributed by atoms with Crippen LogP contribution in [0, 0.1) is 11.8 Å². The Morgan fingerprint density at radius 2 is 0.594 bits per heavy atom. The minimum atomic E-state index is -0.763. The SMILES string of the molecule is CCCCCCCCCCCCCCCCCCCCCC(=O)OC[C@H](COC(=O)CCCCCCCCCCCCCCC(C)C)OC(=O)CCCCCCCCCCC(C)CC. The summed E-state index contributed by atoms with van der Waals surface area (Å²) in [5, 5.41) is 0. The fourth-order valence-corrected chi connectivity index (χ4v) is 8.84. The average Bonchev–Trinajstić information content (AvgIpc) is 3.28. The summed E-state index contributed by atoms with van der Waals surface area (Å²) in [6.07, 6.45) is 53.8. The largest absolute Gasteiger partial charge is 0.462 e. The van der Waals surface area contributed by atoms with E-state index in [2.05, 4.69) is 34.6 Å². The van der Waals surface area contributed by atoms with E-state index in [4.69, 9.17) is 14.2 Å². The van der Waals surface area contributed by atoms with Crippen molar-refractivity contribution >= 4 is 17.9 Å². The first-order valence-electron chi connectivity index (χ1n) is 28.8. The monoisotopic (exact) mass is 905 g/mol. The minimum Gasteiger partial charge on any atom is -0.462 e. The Morgan fingerprint density at radius 3 is 0.891 bits per heavy atom. The quantitative estimate of drug-likeness (QED) is 0.0344. The third kappa shape index (κ3) is 49.8. The molecule has 0 aliphatic heterocycles. The molecule has 0 amide bonds. The van der Waals surface area contributed by atoms with E-state index in [1.54, 1.807) is 0 Å². The fraction of sp³-hybridized carbons (Fsp3) is 0.948. The van der Waals surface area contributed by atoms with Gasteiger partial charge in [-0.3, -0.25) is 14.4 Å². The van der Waals surface area contributed by atoms with Crippen molar-refractivity contribution in [3.63, 3.8) is 0 Å². The van der Waals surface area contributed by atoms with Crippen LogP contribution >= 0.6 is 0 Å². The van der Waals surface area contributed by atoms with Gasteiger partial charge in [0.25, 0.3) is 0 Å². The molecule has 0 saturated heterocycles. The Balaban J connectivity index is 4.26. The molecule has 6 heteroatoms. The highest BCUT2D eigenvalue weighted by molar-refractivity contribution is 5.71. The van der Waals surface area contributed by atoms with Gasteiger partial charge in [-0.25, -0.2) is 0 Å². The molecule has 0 N–H and O–H groups in total. The van der Waals surface area contributed by atoms with Crippen molar-refractivity contribution in [1.29, 1.82) is 0 Å². The molecule has 0 spiro atoms. The molecule has 0 aliphatic rings. The lowest BCUT2D eigenvalue weighted by molar-refractivity contribution is -0.167. The van der Waals surface area contributed by atoms with Gasteiger partial charge in [0.15, 0.2) is 6.10 Å². The van der Waals surface area contributed by atoms with E-state index in [1.165, 1.54) is 212 Å². The van der Waals surface area contributed by atoms with Gasteiger partial charge in [0, 0.05) is 19.3 Å². The Labute approximate surface area is 399 Å². The molecule has 0 aromatic rings. The highest BCUT2D eigenvalue weighted by Gasteiger charge is 2.19. The van der Waals surface area contributed by atoms with Crippen molar-refractivity contribution in [1.82, 2.24) is 0 Å². The van der Waals surface area contributed by atoms with Gasteiger partial charge in [0.1, 0.15) is 13.2 Å². The molecule has 0 fully saturated rings. The molecule has 6 nitrogen and oxygen atoms in total. The fourth-order valence-electron chi connectivity index (χ4n) is 8.84. The molecule has 2 atom stereocenters. The van der Waals surface area contributed by atoms with Gasteiger partial charge in [0.05, 0.1) is 0 Å². The lowest BCUT2D eigenvalue weighted by Gasteiger charge is -2.18. The lowest BCUT2D eigenvalue weighted by atomic mass is 9.99. The molecule has 0 aliphatic carbocycles. The molecule has 1 unspecified atom stereocenters. The van der Waals surface area contributed by atoms with Crippen LogP contribution in [0.2, 0.25) is 0 Å². The van der Waals surface area contributed by atoms with Crippen LogP contribution in [0.1, 0.15) is 324 Å². The third-order valence-electron chi connectivity index (χ3n) is 13.6. The highest BCUT2D eigenvalue weighted by atomic mass is 16.6. The molecule has 0 rings (SSSR count). The standard InChI is InChI=1S/C58H112O6/c1-6-8-9-10-11-12-13-14-15-16-17-18-19-20-24-27-33-38-43-48-56(59)62-51-55(64-58(61)50-45-40-35-30-29-32-37-42-47-54(5)7-2)52-63-57(60)49-44-39-34-28-25-22-21-23-26-31-36-41-46-53(3)4/h53-55H,6-52H2,1-5H3/t54?,55-/m1/s1. The van der Waals surface area contributed by atoms with Gasteiger partial charge in [-0.05, 0) is 31.1 Å². The van der Waals surface area contributed by atoms with E-state index in [-0.39, 0.29) is 31.1 Å². The molecule has 0 saturated carbocycles. The van der Waals surface area contributed by atoms with Crippen LogP contribution in [0.25, 0.3) is 0 Å². The van der Waals surface area contributed by atoms with Crippen molar-refractivity contribution in [2.75, 3.05) is 13.2 Å². The second-order valence-electron chi connectivity index (χ2n) is 20.6. The summed E-state index contributed by atoms with van der Waals surface area (Å²) < 4.78 is 16.9. The van der Waals surface area contributed by atoms with E-state index in [0.717, 1.165) is 69.6 Å². The van der Waals surface area contributed by atoms with Gasteiger partial charge in [-0.2, -0.15) is 0 Å². The second-order valence-corrected chi connectivity index (χ2v) is 20.6. The maximum Gasteiger partial charge on any atom is 0.306 e. The van der Waals surface area contributed by atoms with Crippen LogP contribution in [0.15, 0.2) is 0 Å². The maximum atomic E-state index is 12.8. The Bertz CT molecular complexity index is 980. The first kappa shape index (κ1) is 62.4. The summed E-state index contributed by atoms with van der Waals surface area (Å²) in [5.74, 6) is 0.835. The first-order chi connectivity index (χ1) is 31.3. The number of unbranched alkanes of at least 4 members (excludes halogenated alkanes) is 36. The van der Waals surface area contributed by atoms with Crippen molar-refractivity contribution in [2.24, 2.45) is 11.8 Å². The van der Waals surface area contributed by atoms with Gasteiger partial charge in [-0.1, -0.05) is 285 Å². The molecule has 0 heterocycles. The molecule has 0 radical (unpaired) electrons. The predicted octanol–water partition coefficient (Wildman–Crippen LogP) is 18.9.